The number of fused-ring (bicyclic) bond motifs is 1. The average Bonchev–Trinajstić information content (AvgIpc) is 3.16. The number of pyridine rings is 1. The molecule has 4 rings (SSSR count). The van der Waals surface area contributed by atoms with Crippen LogP contribution < -0.4 is 10.2 Å². The van der Waals surface area contributed by atoms with Crippen LogP contribution in [0.4, 0.5) is 5.82 Å². The second-order valence-corrected chi connectivity index (χ2v) is 7.77. The minimum Gasteiger partial charge on any atom is -0.361 e. The summed E-state index contributed by atoms with van der Waals surface area (Å²) in [4.78, 5) is 36.3. The lowest BCUT2D eigenvalue weighted by Crippen LogP contribution is -2.49. The first kappa shape index (κ1) is 20.2. The normalized spacial score (nSPS) is 14.2. The summed E-state index contributed by atoms with van der Waals surface area (Å²) in [6, 6.07) is 11.4. The number of nitrogens with zero attached hydrogens (tertiary/aromatic N) is 3. The summed E-state index contributed by atoms with van der Waals surface area (Å²) in [6.07, 6.45) is 4.17. The van der Waals surface area contributed by atoms with E-state index in [9.17, 15) is 9.59 Å². The Morgan fingerprint density at radius 3 is 2.73 bits per heavy atom. The molecule has 30 heavy (non-hydrogen) atoms. The highest BCUT2D eigenvalue weighted by atomic mass is 35.5. The van der Waals surface area contributed by atoms with E-state index in [1.807, 2.05) is 47.5 Å². The van der Waals surface area contributed by atoms with Crippen LogP contribution in [0, 0.1) is 0 Å². The van der Waals surface area contributed by atoms with Crippen molar-refractivity contribution in [2.75, 3.05) is 37.6 Å². The van der Waals surface area contributed by atoms with Crippen molar-refractivity contribution < 1.29 is 9.59 Å². The van der Waals surface area contributed by atoms with Gasteiger partial charge in [0.15, 0.2) is 0 Å². The maximum atomic E-state index is 12.5. The molecule has 0 aliphatic carbocycles. The third-order valence-electron chi connectivity index (χ3n) is 5.35. The summed E-state index contributed by atoms with van der Waals surface area (Å²) in [7, 11) is 0. The molecule has 2 amide bonds. The number of carbonyl (C=O) groups is 2. The Balaban J connectivity index is 1.20. The summed E-state index contributed by atoms with van der Waals surface area (Å²) in [6.45, 7) is 3.20. The second kappa shape index (κ2) is 9.17. The molecule has 0 spiro atoms. The molecule has 1 saturated heterocycles. The highest BCUT2D eigenvalue weighted by Gasteiger charge is 2.21. The number of benzene rings is 1. The molecule has 3 heterocycles. The summed E-state index contributed by atoms with van der Waals surface area (Å²) in [5.74, 6) is 0.910. The van der Waals surface area contributed by atoms with Crippen LogP contribution in [-0.2, 0) is 16.0 Å². The minimum absolute atomic E-state index is 0.0673. The molecule has 1 aliphatic rings. The van der Waals surface area contributed by atoms with Crippen LogP contribution in [-0.4, -0.2) is 59.4 Å². The Morgan fingerprint density at radius 2 is 1.97 bits per heavy atom. The van der Waals surface area contributed by atoms with Gasteiger partial charge in [0.2, 0.25) is 11.8 Å². The smallest absolute Gasteiger partial charge is 0.224 e. The van der Waals surface area contributed by atoms with Gasteiger partial charge in [0.1, 0.15) is 5.82 Å². The van der Waals surface area contributed by atoms with Gasteiger partial charge in [0.05, 0.1) is 6.42 Å². The number of hydrogen-bond acceptors (Lipinski definition) is 4. The maximum absolute atomic E-state index is 12.5. The zero-order valence-corrected chi connectivity index (χ0v) is 17.4. The fourth-order valence-electron chi connectivity index (χ4n) is 3.73. The van der Waals surface area contributed by atoms with Crippen LogP contribution in [0.5, 0.6) is 0 Å². The average molecular weight is 426 g/mol. The highest BCUT2D eigenvalue weighted by Crippen LogP contribution is 2.22. The number of aromatic nitrogens is 2. The molecule has 0 unspecified atom stereocenters. The van der Waals surface area contributed by atoms with Gasteiger partial charge in [-0.25, -0.2) is 4.98 Å². The van der Waals surface area contributed by atoms with Gasteiger partial charge in [-0.3, -0.25) is 9.59 Å². The number of H-pyrrole nitrogens is 1. The van der Waals surface area contributed by atoms with Gasteiger partial charge in [-0.2, -0.15) is 0 Å². The highest BCUT2D eigenvalue weighted by molar-refractivity contribution is 6.31. The minimum atomic E-state index is -0.0985. The first-order valence-electron chi connectivity index (χ1n) is 10.1. The molecule has 1 fully saturated rings. The number of aromatic amines is 1. The van der Waals surface area contributed by atoms with Crippen molar-refractivity contribution in [3.63, 3.8) is 0 Å². The van der Waals surface area contributed by atoms with E-state index in [4.69, 9.17) is 11.6 Å². The van der Waals surface area contributed by atoms with Gasteiger partial charge in [-0.1, -0.05) is 23.7 Å². The van der Waals surface area contributed by atoms with Gasteiger partial charge >= 0.3 is 0 Å². The van der Waals surface area contributed by atoms with Crippen molar-refractivity contribution >= 4 is 40.1 Å². The number of nitrogens with one attached hydrogen (secondary N) is 2. The maximum Gasteiger partial charge on any atom is 0.224 e. The molecular formula is C22H24ClN5O2. The Kier molecular flexibility index (Phi) is 6.18. The van der Waals surface area contributed by atoms with E-state index < -0.39 is 0 Å². The van der Waals surface area contributed by atoms with Crippen molar-refractivity contribution in [1.82, 2.24) is 20.2 Å². The third-order valence-corrected chi connectivity index (χ3v) is 5.58. The van der Waals surface area contributed by atoms with E-state index in [-0.39, 0.29) is 18.2 Å². The number of carbonyl (C=O) groups excluding carboxylic acids is 2. The van der Waals surface area contributed by atoms with E-state index >= 15 is 0 Å². The SMILES string of the molecule is O=C(Cc1c[nH]c2cc(Cl)ccc12)NCCC(=O)N1CCN(c2ccccn2)CC1. The molecule has 3 aromatic rings. The van der Waals surface area contributed by atoms with Gasteiger partial charge in [-0.05, 0) is 29.8 Å². The Hall–Kier alpha value is -3.06. The number of rotatable bonds is 6. The Labute approximate surface area is 180 Å². The van der Waals surface area contributed by atoms with Crippen LogP contribution in [0.25, 0.3) is 10.9 Å². The van der Waals surface area contributed by atoms with Crippen LogP contribution in [0.1, 0.15) is 12.0 Å². The first-order chi connectivity index (χ1) is 14.6. The van der Waals surface area contributed by atoms with Crippen LogP contribution in [0.3, 0.4) is 0 Å². The van der Waals surface area contributed by atoms with Crippen molar-refractivity contribution in [1.29, 1.82) is 0 Å². The van der Waals surface area contributed by atoms with Crippen LogP contribution in [0.2, 0.25) is 5.02 Å². The summed E-state index contributed by atoms with van der Waals surface area (Å²) in [5, 5.41) is 4.49. The Bertz CT molecular complexity index is 1030. The fourth-order valence-corrected chi connectivity index (χ4v) is 3.91. The molecule has 0 radical (unpaired) electrons. The monoisotopic (exact) mass is 425 g/mol. The van der Waals surface area contributed by atoms with Gasteiger partial charge in [0.25, 0.3) is 0 Å². The zero-order valence-electron chi connectivity index (χ0n) is 16.6. The van der Waals surface area contributed by atoms with E-state index in [0.29, 0.717) is 31.1 Å². The van der Waals surface area contributed by atoms with E-state index in [2.05, 4.69) is 20.2 Å². The molecule has 0 bridgehead atoms. The Morgan fingerprint density at radius 1 is 1.13 bits per heavy atom. The van der Waals surface area contributed by atoms with Crippen LogP contribution in [0.15, 0.2) is 48.8 Å². The van der Waals surface area contributed by atoms with Crippen molar-refractivity contribution in [3.8, 4) is 0 Å². The lowest BCUT2D eigenvalue weighted by molar-refractivity contribution is -0.131. The molecule has 0 atom stereocenters. The summed E-state index contributed by atoms with van der Waals surface area (Å²) in [5.41, 5.74) is 1.82. The standard InChI is InChI=1S/C22H24ClN5O2/c23-17-4-5-18-16(15-26-19(18)14-17)13-21(29)25-8-6-22(30)28-11-9-27(10-12-28)20-3-1-2-7-24-20/h1-5,7,14-15,26H,6,8-13H2,(H,25,29). The van der Waals surface area contributed by atoms with Gasteiger partial charge in [-0.15, -0.1) is 0 Å². The van der Waals surface area contributed by atoms with E-state index in [0.717, 1.165) is 35.4 Å². The lowest BCUT2D eigenvalue weighted by Gasteiger charge is -2.35. The topological polar surface area (TPSA) is 81.3 Å². The largest absolute Gasteiger partial charge is 0.361 e. The molecule has 2 N–H and O–H groups in total. The zero-order chi connectivity index (χ0) is 20.9. The quantitative estimate of drug-likeness (QED) is 0.636. The van der Waals surface area contributed by atoms with Crippen LogP contribution >= 0.6 is 11.6 Å². The fraction of sp³-hybridized carbons (Fsp3) is 0.318. The second-order valence-electron chi connectivity index (χ2n) is 7.34. The number of halogens is 1. The predicted molar refractivity (Wildman–Crippen MR) is 118 cm³/mol. The number of amides is 2. The van der Waals surface area contributed by atoms with Gasteiger partial charge < -0.3 is 20.1 Å². The molecule has 8 heteroatoms. The first-order valence-corrected chi connectivity index (χ1v) is 10.4. The van der Waals surface area contributed by atoms with Crippen molar-refractivity contribution in [2.24, 2.45) is 0 Å². The predicted octanol–water partition coefficient (Wildman–Crippen LogP) is 2.61. The van der Waals surface area contributed by atoms with Crippen molar-refractivity contribution in [2.45, 2.75) is 12.8 Å². The summed E-state index contributed by atoms with van der Waals surface area (Å²) < 4.78 is 0. The van der Waals surface area contributed by atoms with E-state index in [1.165, 1.54) is 0 Å². The molecule has 7 nitrogen and oxygen atoms in total. The number of hydrogen-bond donors (Lipinski definition) is 2. The van der Waals surface area contributed by atoms with Gasteiger partial charge in [0, 0.05) is 67.5 Å². The molecule has 2 aromatic heterocycles. The van der Waals surface area contributed by atoms with E-state index in [1.54, 1.807) is 6.20 Å². The third kappa shape index (κ3) is 4.74. The van der Waals surface area contributed by atoms with Crippen molar-refractivity contribution in [3.05, 3.63) is 59.4 Å². The summed E-state index contributed by atoms with van der Waals surface area (Å²) >= 11 is 5.99. The molecule has 156 valence electrons. The molecular weight excluding hydrogens is 402 g/mol. The number of anilines is 1. The lowest BCUT2D eigenvalue weighted by atomic mass is 10.1. The number of piperazine rings is 1. The molecule has 1 aliphatic heterocycles. The molecule has 1 aromatic carbocycles. The molecule has 0 saturated carbocycles.